The van der Waals surface area contributed by atoms with E-state index < -0.39 is 10.9 Å². The van der Waals surface area contributed by atoms with Crippen molar-refractivity contribution >= 4 is 23.0 Å². The van der Waals surface area contributed by atoms with Crippen LogP contribution in [-0.4, -0.2) is 47.6 Å². The molecule has 1 aromatic carbocycles. The van der Waals surface area contributed by atoms with E-state index in [1.54, 1.807) is 29.4 Å². The molecular formula is C25H36N4O4. The molecule has 1 aromatic heterocycles. The minimum absolute atomic E-state index is 0.0903. The van der Waals surface area contributed by atoms with Gasteiger partial charge in [0.15, 0.2) is 0 Å². The van der Waals surface area contributed by atoms with Gasteiger partial charge in [-0.15, -0.1) is 0 Å². The van der Waals surface area contributed by atoms with Crippen molar-refractivity contribution in [2.24, 2.45) is 5.41 Å². The van der Waals surface area contributed by atoms with E-state index >= 15 is 0 Å². The monoisotopic (exact) mass is 456 g/mol. The lowest BCUT2D eigenvalue weighted by Gasteiger charge is -2.31. The van der Waals surface area contributed by atoms with Gasteiger partial charge < -0.3 is 20.6 Å². The summed E-state index contributed by atoms with van der Waals surface area (Å²) >= 11 is 0. The smallest absolute Gasteiger partial charge is 0.253 e. The number of aliphatic hydroxyl groups is 1. The third-order valence-electron chi connectivity index (χ3n) is 6.73. The SMILES string of the molecule is CN(CC1(CO)CCCC1)C(=O)CCCCCCCNc1c(Nc2ccncc2)c(=O)c1=O. The van der Waals surface area contributed by atoms with Crippen molar-refractivity contribution in [3.63, 3.8) is 0 Å². The first-order valence-corrected chi connectivity index (χ1v) is 12.0. The fourth-order valence-electron chi connectivity index (χ4n) is 4.68. The molecule has 0 bridgehead atoms. The zero-order valence-corrected chi connectivity index (χ0v) is 19.6. The Bertz CT molecular complexity index is 963. The molecule has 2 aromatic rings. The Labute approximate surface area is 195 Å². The third-order valence-corrected chi connectivity index (χ3v) is 6.73. The Kier molecular flexibility index (Phi) is 9.00. The maximum atomic E-state index is 12.4. The molecule has 0 saturated heterocycles. The summed E-state index contributed by atoms with van der Waals surface area (Å²) in [4.78, 5) is 41.9. The molecule has 180 valence electrons. The number of aromatic nitrogens is 1. The van der Waals surface area contributed by atoms with E-state index in [9.17, 15) is 19.5 Å². The van der Waals surface area contributed by atoms with Crippen molar-refractivity contribution in [3.8, 4) is 0 Å². The molecule has 1 heterocycles. The highest BCUT2D eigenvalue weighted by Gasteiger charge is 2.35. The van der Waals surface area contributed by atoms with Crippen LogP contribution in [0.15, 0.2) is 34.1 Å². The molecule has 0 aliphatic heterocycles. The van der Waals surface area contributed by atoms with Crippen LogP contribution in [0.2, 0.25) is 0 Å². The van der Waals surface area contributed by atoms with Crippen LogP contribution >= 0.6 is 0 Å². The van der Waals surface area contributed by atoms with Gasteiger partial charge in [-0.3, -0.25) is 19.4 Å². The minimum atomic E-state index is -0.498. The fraction of sp³-hybridized carbons (Fsp3) is 0.600. The van der Waals surface area contributed by atoms with E-state index in [1.807, 2.05) is 7.05 Å². The zero-order valence-electron chi connectivity index (χ0n) is 19.6. The van der Waals surface area contributed by atoms with Gasteiger partial charge in [-0.2, -0.15) is 0 Å². The van der Waals surface area contributed by atoms with E-state index in [1.165, 1.54) is 0 Å². The topological polar surface area (TPSA) is 112 Å². The Morgan fingerprint density at radius 2 is 1.67 bits per heavy atom. The van der Waals surface area contributed by atoms with E-state index in [-0.39, 0.29) is 17.9 Å². The number of hydrogen-bond acceptors (Lipinski definition) is 7. The van der Waals surface area contributed by atoms with Crippen molar-refractivity contribution < 1.29 is 9.90 Å². The van der Waals surface area contributed by atoms with Crippen molar-refractivity contribution in [2.45, 2.75) is 64.2 Å². The lowest BCUT2D eigenvalue weighted by molar-refractivity contribution is -0.131. The van der Waals surface area contributed by atoms with Gasteiger partial charge in [0.25, 0.3) is 10.9 Å². The summed E-state index contributed by atoms with van der Waals surface area (Å²) in [6.07, 6.45) is 12.8. The number of hydrogen-bond donors (Lipinski definition) is 3. The third kappa shape index (κ3) is 6.63. The molecule has 8 nitrogen and oxygen atoms in total. The van der Waals surface area contributed by atoms with E-state index in [2.05, 4.69) is 15.6 Å². The first-order chi connectivity index (χ1) is 16.0. The molecule has 1 fully saturated rings. The molecule has 3 N–H and O–H groups in total. The number of amides is 1. The molecule has 0 unspecified atom stereocenters. The maximum Gasteiger partial charge on any atom is 0.253 e. The van der Waals surface area contributed by atoms with Crippen molar-refractivity contribution in [1.29, 1.82) is 0 Å². The van der Waals surface area contributed by atoms with Crippen LogP contribution in [0.1, 0.15) is 64.2 Å². The van der Waals surface area contributed by atoms with Gasteiger partial charge in [0, 0.05) is 50.1 Å². The number of nitrogens with zero attached hydrogens (tertiary/aromatic N) is 2. The molecule has 8 heteroatoms. The van der Waals surface area contributed by atoms with E-state index in [0.717, 1.165) is 63.5 Å². The number of aliphatic hydroxyl groups excluding tert-OH is 1. The number of rotatable bonds is 14. The molecule has 0 spiro atoms. The number of anilines is 3. The fourth-order valence-corrected chi connectivity index (χ4v) is 4.68. The lowest BCUT2D eigenvalue weighted by atomic mass is 9.86. The zero-order chi connectivity index (χ0) is 23.7. The average molecular weight is 457 g/mol. The van der Waals surface area contributed by atoms with Gasteiger partial charge in [-0.05, 0) is 37.8 Å². The number of pyridine rings is 1. The number of carbonyl (C=O) groups is 1. The number of carbonyl (C=O) groups excluding carboxylic acids is 1. The summed E-state index contributed by atoms with van der Waals surface area (Å²) in [7, 11) is 1.85. The first kappa shape index (κ1) is 24.9. The lowest BCUT2D eigenvalue weighted by Crippen LogP contribution is -2.39. The Balaban J connectivity index is 1.27. The molecular weight excluding hydrogens is 420 g/mol. The summed E-state index contributed by atoms with van der Waals surface area (Å²) in [5.74, 6) is 0.158. The van der Waals surface area contributed by atoms with Gasteiger partial charge in [0.05, 0.1) is 6.61 Å². The molecule has 1 saturated carbocycles. The second-order valence-corrected chi connectivity index (χ2v) is 9.33. The predicted molar refractivity (Wildman–Crippen MR) is 131 cm³/mol. The second kappa shape index (κ2) is 11.9. The van der Waals surface area contributed by atoms with E-state index in [0.29, 0.717) is 30.9 Å². The van der Waals surface area contributed by atoms with Gasteiger partial charge in [0.1, 0.15) is 11.4 Å². The number of nitrogens with one attached hydrogen (secondary N) is 2. The van der Waals surface area contributed by atoms with Gasteiger partial charge in [0.2, 0.25) is 5.91 Å². The van der Waals surface area contributed by atoms with Crippen molar-refractivity contribution in [1.82, 2.24) is 9.88 Å². The number of unbranched alkanes of at least 4 members (excludes halogenated alkanes) is 4. The van der Waals surface area contributed by atoms with Crippen molar-refractivity contribution in [3.05, 3.63) is 45.0 Å². The standard InChI is InChI=1S/C25H36N4O4/c1-29(17-25(18-30)12-6-7-13-25)20(31)9-5-3-2-4-8-14-27-21-22(24(33)23(21)32)28-19-10-15-26-16-11-19/h10-11,15-16,27,30H,2-9,12-14,17-18H2,1H3,(H,26,28). The van der Waals surface area contributed by atoms with Crippen LogP contribution in [0.5, 0.6) is 0 Å². The summed E-state index contributed by atoms with van der Waals surface area (Å²) in [6.45, 7) is 1.44. The molecule has 1 amide bonds. The van der Waals surface area contributed by atoms with Gasteiger partial charge >= 0.3 is 0 Å². The molecule has 0 radical (unpaired) electrons. The molecule has 33 heavy (non-hydrogen) atoms. The van der Waals surface area contributed by atoms with Gasteiger partial charge in [-0.25, -0.2) is 0 Å². The summed E-state index contributed by atoms with van der Waals surface area (Å²) in [5.41, 5.74) is 0.321. The summed E-state index contributed by atoms with van der Waals surface area (Å²) in [5, 5.41) is 15.8. The van der Waals surface area contributed by atoms with Crippen LogP contribution in [0, 0.1) is 5.41 Å². The summed E-state index contributed by atoms with van der Waals surface area (Å²) in [6, 6.07) is 3.48. The Hall–Kier alpha value is -2.74. The van der Waals surface area contributed by atoms with Crippen molar-refractivity contribution in [2.75, 3.05) is 37.4 Å². The highest BCUT2D eigenvalue weighted by atomic mass is 16.3. The molecule has 1 aliphatic carbocycles. The van der Waals surface area contributed by atoms with Crippen LogP contribution in [-0.2, 0) is 4.79 Å². The highest BCUT2D eigenvalue weighted by Crippen LogP contribution is 2.38. The van der Waals surface area contributed by atoms with E-state index in [4.69, 9.17) is 0 Å². The average Bonchev–Trinajstić information content (AvgIpc) is 3.31. The first-order valence-electron chi connectivity index (χ1n) is 12.0. The normalized spacial score (nSPS) is 15.0. The van der Waals surface area contributed by atoms with Crippen LogP contribution in [0.25, 0.3) is 0 Å². The van der Waals surface area contributed by atoms with Crippen LogP contribution < -0.4 is 21.5 Å². The van der Waals surface area contributed by atoms with Crippen LogP contribution in [0.3, 0.4) is 0 Å². The summed E-state index contributed by atoms with van der Waals surface area (Å²) < 4.78 is 0. The Morgan fingerprint density at radius 1 is 1.03 bits per heavy atom. The predicted octanol–water partition coefficient (Wildman–Crippen LogP) is 3.18. The maximum absolute atomic E-state index is 12.4. The Morgan fingerprint density at radius 3 is 2.36 bits per heavy atom. The largest absolute Gasteiger partial charge is 0.396 e. The second-order valence-electron chi connectivity index (χ2n) is 9.33. The quantitative estimate of drug-likeness (QED) is 0.296. The van der Waals surface area contributed by atoms with Gasteiger partial charge in [-0.1, -0.05) is 32.1 Å². The minimum Gasteiger partial charge on any atom is -0.396 e. The molecule has 3 rings (SSSR count). The highest BCUT2D eigenvalue weighted by molar-refractivity contribution is 5.78. The van der Waals surface area contributed by atoms with Crippen LogP contribution in [0.4, 0.5) is 17.1 Å². The molecule has 0 atom stereocenters. The molecule has 1 aliphatic rings.